The first-order valence-corrected chi connectivity index (χ1v) is 7.91. The highest BCUT2D eigenvalue weighted by molar-refractivity contribution is 5.93. The molecule has 0 spiro atoms. The van der Waals surface area contributed by atoms with Crippen LogP contribution in [-0.2, 0) is 13.0 Å². The van der Waals surface area contributed by atoms with E-state index < -0.39 is 5.91 Å². The van der Waals surface area contributed by atoms with E-state index in [1.165, 1.54) is 25.5 Å². The summed E-state index contributed by atoms with van der Waals surface area (Å²) in [6.07, 6.45) is 6.57. The standard InChI is InChI=1S/C14H19N3O2.C2H6/c18-14(16-19)11-6-12-9-17(8-10-2-1-3-10)5-4-13(12)15-7-11;1-2/h6-7,10,19H,1-5,8-9H2,(H,16,18);1-2H3. The molecule has 1 fully saturated rings. The minimum absolute atomic E-state index is 0.423. The minimum atomic E-state index is -0.494. The van der Waals surface area contributed by atoms with E-state index in [0.29, 0.717) is 5.56 Å². The molecule has 5 heteroatoms. The number of carbonyl (C=O) groups excluding carboxylic acids is 1. The number of hydrogen-bond acceptors (Lipinski definition) is 4. The van der Waals surface area contributed by atoms with Crippen molar-refractivity contribution in [2.24, 2.45) is 5.92 Å². The summed E-state index contributed by atoms with van der Waals surface area (Å²) < 4.78 is 0. The van der Waals surface area contributed by atoms with Gasteiger partial charge in [0.1, 0.15) is 0 Å². The number of nitrogens with one attached hydrogen (secondary N) is 1. The van der Waals surface area contributed by atoms with Gasteiger partial charge in [0.2, 0.25) is 0 Å². The van der Waals surface area contributed by atoms with E-state index in [0.717, 1.165) is 43.2 Å². The van der Waals surface area contributed by atoms with Crippen LogP contribution in [0.1, 0.15) is 54.7 Å². The normalized spacial score (nSPS) is 18.0. The van der Waals surface area contributed by atoms with Crippen LogP contribution in [0.5, 0.6) is 0 Å². The van der Waals surface area contributed by atoms with Gasteiger partial charge in [-0.3, -0.25) is 19.9 Å². The largest absolute Gasteiger partial charge is 0.298 e. The van der Waals surface area contributed by atoms with Crippen LogP contribution in [0.2, 0.25) is 0 Å². The van der Waals surface area contributed by atoms with Gasteiger partial charge in [-0.15, -0.1) is 0 Å². The molecule has 116 valence electrons. The predicted molar refractivity (Wildman–Crippen MR) is 81.2 cm³/mol. The van der Waals surface area contributed by atoms with Gasteiger partial charge >= 0.3 is 0 Å². The van der Waals surface area contributed by atoms with Crippen molar-refractivity contribution in [3.05, 3.63) is 29.1 Å². The van der Waals surface area contributed by atoms with E-state index in [4.69, 9.17) is 5.21 Å². The van der Waals surface area contributed by atoms with E-state index in [1.807, 2.05) is 19.9 Å². The highest BCUT2D eigenvalue weighted by Gasteiger charge is 2.24. The van der Waals surface area contributed by atoms with Crippen LogP contribution in [0, 0.1) is 5.92 Å². The zero-order chi connectivity index (χ0) is 15.2. The number of carbonyl (C=O) groups is 1. The average Bonchev–Trinajstić information content (AvgIpc) is 2.51. The average molecular weight is 291 g/mol. The molecule has 1 aliphatic heterocycles. The monoisotopic (exact) mass is 291 g/mol. The second kappa shape index (κ2) is 7.52. The van der Waals surface area contributed by atoms with Crippen LogP contribution < -0.4 is 5.48 Å². The van der Waals surface area contributed by atoms with E-state index in [2.05, 4.69) is 9.88 Å². The van der Waals surface area contributed by atoms with Gasteiger partial charge in [0, 0.05) is 37.9 Å². The quantitative estimate of drug-likeness (QED) is 0.663. The zero-order valence-corrected chi connectivity index (χ0v) is 12.9. The molecule has 0 bridgehead atoms. The van der Waals surface area contributed by atoms with Crippen molar-refractivity contribution in [1.29, 1.82) is 0 Å². The Morgan fingerprint density at radius 3 is 2.86 bits per heavy atom. The van der Waals surface area contributed by atoms with Crippen molar-refractivity contribution in [2.75, 3.05) is 13.1 Å². The van der Waals surface area contributed by atoms with Gasteiger partial charge in [0.05, 0.1) is 5.56 Å². The SMILES string of the molecule is CC.O=C(NO)c1cnc2c(c1)CN(CC1CCC1)CC2. The molecule has 0 atom stereocenters. The lowest BCUT2D eigenvalue weighted by molar-refractivity contribution is 0.0705. The molecule has 1 saturated carbocycles. The maximum atomic E-state index is 11.4. The number of rotatable bonds is 3. The van der Waals surface area contributed by atoms with Crippen LogP contribution in [-0.4, -0.2) is 34.1 Å². The molecule has 0 saturated heterocycles. The first kappa shape index (κ1) is 15.9. The van der Waals surface area contributed by atoms with Crippen molar-refractivity contribution in [1.82, 2.24) is 15.4 Å². The second-order valence-corrected chi connectivity index (χ2v) is 5.55. The van der Waals surface area contributed by atoms with Gasteiger partial charge in [-0.05, 0) is 30.4 Å². The molecular formula is C16H25N3O2. The molecule has 1 aromatic heterocycles. The lowest BCUT2D eigenvalue weighted by atomic mass is 9.84. The van der Waals surface area contributed by atoms with Crippen molar-refractivity contribution >= 4 is 5.91 Å². The molecule has 5 nitrogen and oxygen atoms in total. The van der Waals surface area contributed by atoms with Crippen LogP contribution in [0.25, 0.3) is 0 Å². The molecule has 1 aromatic rings. The van der Waals surface area contributed by atoms with Crippen molar-refractivity contribution < 1.29 is 10.0 Å². The summed E-state index contributed by atoms with van der Waals surface area (Å²) in [5.41, 5.74) is 4.28. The summed E-state index contributed by atoms with van der Waals surface area (Å²) >= 11 is 0. The fourth-order valence-corrected chi connectivity index (χ4v) is 2.87. The molecule has 3 rings (SSSR count). The van der Waals surface area contributed by atoms with Gasteiger partial charge in [-0.1, -0.05) is 20.3 Å². The summed E-state index contributed by atoms with van der Waals surface area (Å²) in [6, 6.07) is 1.85. The summed E-state index contributed by atoms with van der Waals surface area (Å²) in [4.78, 5) is 18.2. The number of aromatic nitrogens is 1. The first-order valence-electron chi connectivity index (χ1n) is 7.91. The Balaban J connectivity index is 0.000000774. The molecule has 2 aliphatic rings. The lowest BCUT2D eigenvalue weighted by Gasteiger charge is -2.35. The third kappa shape index (κ3) is 3.80. The lowest BCUT2D eigenvalue weighted by Crippen LogP contribution is -2.37. The van der Waals surface area contributed by atoms with E-state index in [-0.39, 0.29) is 0 Å². The zero-order valence-electron chi connectivity index (χ0n) is 12.9. The summed E-state index contributed by atoms with van der Waals surface area (Å²) in [5, 5.41) is 8.67. The molecule has 2 heterocycles. The molecule has 0 unspecified atom stereocenters. The van der Waals surface area contributed by atoms with Gasteiger partial charge in [-0.25, -0.2) is 5.48 Å². The van der Waals surface area contributed by atoms with E-state index in [9.17, 15) is 4.79 Å². The Labute approximate surface area is 126 Å². The number of fused-ring (bicyclic) bond motifs is 1. The maximum absolute atomic E-state index is 11.4. The minimum Gasteiger partial charge on any atom is -0.298 e. The highest BCUT2D eigenvalue weighted by Crippen LogP contribution is 2.29. The second-order valence-electron chi connectivity index (χ2n) is 5.55. The Kier molecular flexibility index (Phi) is 5.70. The third-order valence-electron chi connectivity index (χ3n) is 4.22. The molecule has 2 N–H and O–H groups in total. The molecule has 21 heavy (non-hydrogen) atoms. The summed E-state index contributed by atoms with van der Waals surface area (Å²) in [7, 11) is 0. The topological polar surface area (TPSA) is 65.5 Å². The number of pyridine rings is 1. The Morgan fingerprint density at radius 1 is 1.48 bits per heavy atom. The predicted octanol–water partition coefficient (Wildman–Crippen LogP) is 2.39. The van der Waals surface area contributed by atoms with Crippen LogP contribution in [0.3, 0.4) is 0 Å². The molecule has 0 radical (unpaired) electrons. The number of hydroxylamine groups is 1. The van der Waals surface area contributed by atoms with Crippen molar-refractivity contribution in [3.63, 3.8) is 0 Å². The van der Waals surface area contributed by atoms with Crippen LogP contribution in [0.4, 0.5) is 0 Å². The van der Waals surface area contributed by atoms with Crippen LogP contribution in [0.15, 0.2) is 12.3 Å². The van der Waals surface area contributed by atoms with Crippen molar-refractivity contribution in [3.8, 4) is 0 Å². The highest BCUT2D eigenvalue weighted by atomic mass is 16.5. The molecule has 0 aromatic carbocycles. The van der Waals surface area contributed by atoms with Crippen molar-refractivity contribution in [2.45, 2.75) is 46.1 Å². The third-order valence-corrected chi connectivity index (χ3v) is 4.22. The Hall–Kier alpha value is -1.46. The maximum Gasteiger partial charge on any atom is 0.276 e. The van der Waals surface area contributed by atoms with Crippen LogP contribution >= 0.6 is 0 Å². The fourth-order valence-electron chi connectivity index (χ4n) is 2.87. The van der Waals surface area contributed by atoms with E-state index >= 15 is 0 Å². The van der Waals surface area contributed by atoms with Gasteiger partial charge in [-0.2, -0.15) is 0 Å². The van der Waals surface area contributed by atoms with Gasteiger partial charge < -0.3 is 0 Å². The number of hydrogen-bond donors (Lipinski definition) is 2. The number of nitrogens with zero attached hydrogens (tertiary/aromatic N) is 2. The van der Waals surface area contributed by atoms with E-state index in [1.54, 1.807) is 5.48 Å². The smallest absolute Gasteiger partial charge is 0.276 e. The molecular weight excluding hydrogens is 266 g/mol. The molecule has 1 aliphatic carbocycles. The molecule has 1 amide bonds. The first-order chi connectivity index (χ1) is 10.3. The van der Waals surface area contributed by atoms with Gasteiger partial charge in [0.15, 0.2) is 0 Å². The Bertz CT molecular complexity index is 486. The Morgan fingerprint density at radius 2 is 2.24 bits per heavy atom. The summed E-state index contributed by atoms with van der Waals surface area (Å²) in [5.74, 6) is 0.366. The fraction of sp³-hybridized carbons (Fsp3) is 0.625. The summed E-state index contributed by atoms with van der Waals surface area (Å²) in [6.45, 7) is 7.09. The number of amides is 1. The van der Waals surface area contributed by atoms with Gasteiger partial charge in [0.25, 0.3) is 5.91 Å².